The number of halogens is 1. The first-order valence-corrected chi connectivity index (χ1v) is 5.91. The zero-order valence-electron chi connectivity index (χ0n) is 10.1. The maximum atomic E-state index is 6.02. The van der Waals surface area contributed by atoms with Crippen LogP contribution in [0.1, 0.15) is 31.0 Å². The van der Waals surface area contributed by atoms with E-state index in [2.05, 4.69) is 28.8 Å². The molecule has 0 fully saturated rings. The highest BCUT2D eigenvalue weighted by molar-refractivity contribution is 6.29. The Hall–Kier alpha value is -1.48. The monoisotopic (exact) mass is 247 g/mol. The maximum Gasteiger partial charge on any atom is 0.162 e. The molecule has 4 heteroatoms. The van der Waals surface area contributed by atoms with Crippen molar-refractivity contribution in [2.75, 3.05) is 0 Å². The molecule has 3 nitrogen and oxygen atoms in total. The molecule has 0 aromatic carbocycles. The lowest BCUT2D eigenvalue weighted by molar-refractivity contribution is 0.816. The molecule has 88 valence electrons. The second kappa shape index (κ2) is 4.80. The molecular weight excluding hydrogens is 234 g/mol. The van der Waals surface area contributed by atoms with E-state index < -0.39 is 0 Å². The molecule has 0 spiro atoms. The minimum atomic E-state index is 0.325. The standard InChI is InChI=1S/C13H14ClN3/c1-8(2)11-6-12(14)17-13(16-11)10-7-15-5-4-9(10)3/h4-8H,1-3H3. The van der Waals surface area contributed by atoms with Crippen molar-refractivity contribution in [2.45, 2.75) is 26.7 Å². The minimum Gasteiger partial charge on any atom is -0.264 e. The summed E-state index contributed by atoms with van der Waals surface area (Å²) in [6, 6.07) is 3.75. The molecule has 0 saturated heterocycles. The topological polar surface area (TPSA) is 38.7 Å². The second-order valence-electron chi connectivity index (χ2n) is 4.28. The third kappa shape index (κ3) is 2.61. The highest BCUT2D eigenvalue weighted by Gasteiger charge is 2.10. The van der Waals surface area contributed by atoms with Crippen LogP contribution in [0.3, 0.4) is 0 Å². The van der Waals surface area contributed by atoms with Crippen molar-refractivity contribution < 1.29 is 0 Å². The molecule has 0 aliphatic heterocycles. The van der Waals surface area contributed by atoms with Crippen LogP contribution in [0, 0.1) is 6.92 Å². The molecule has 2 rings (SSSR count). The van der Waals surface area contributed by atoms with Gasteiger partial charge in [0.05, 0.1) is 0 Å². The van der Waals surface area contributed by atoms with E-state index in [1.165, 1.54) is 0 Å². The summed E-state index contributed by atoms with van der Waals surface area (Å²) in [5.41, 5.74) is 2.97. The van der Waals surface area contributed by atoms with Crippen LogP contribution in [-0.2, 0) is 0 Å². The summed E-state index contributed by atoms with van der Waals surface area (Å²) in [7, 11) is 0. The van der Waals surface area contributed by atoms with Crippen LogP contribution < -0.4 is 0 Å². The van der Waals surface area contributed by atoms with Gasteiger partial charge in [0.2, 0.25) is 0 Å². The highest BCUT2D eigenvalue weighted by atomic mass is 35.5. The SMILES string of the molecule is Cc1ccncc1-c1nc(Cl)cc(C(C)C)n1. The van der Waals surface area contributed by atoms with E-state index >= 15 is 0 Å². The maximum absolute atomic E-state index is 6.02. The average Bonchev–Trinajstić information content (AvgIpc) is 2.28. The fraction of sp³-hybridized carbons (Fsp3) is 0.308. The van der Waals surface area contributed by atoms with Gasteiger partial charge in [-0.15, -0.1) is 0 Å². The largest absolute Gasteiger partial charge is 0.264 e. The molecule has 0 bridgehead atoms. The van der Waals surface area contributed by atoms with E-state index in [9.17, 15) is 0 Å². The molecule has 17 heavy (non-hydrogen) atoms. The molecular formula is C13H14ClN3. The molecule has 0 aliphatic carbocycles. The summed E-state index contributed by atoms with van der Waals surface area (Å²) < 4.78 is 0. The van der Waals surface area contributed by atoms with Gasteiger partial charge in [-0.25, -0.2) is 9.97 Å². The normalized spacial score (nSPS) is 10.9. The van der Waals surface area contributed by atoms with E-state index in [0.29, 0.717) is 16.9 Å². The van der Waals surface area contributed by atoms with Crippen LogP contribution >= 0.6 is 11.6 Å². The zero-order valence-corrected chi connectivity index (χ0v) is 10.9. The number of rotatable bonds is 2. The van der Waals surface area contributed by atoms with Gasteiger partial charge < -0.3 is 0 Å². The van der Waals surface area contributed by atoms with Crippen molar-refractivity contribution in [3.63, 3.8) is 0 Å². The fourth-order valence-corrected chi connectivity index (χ4v) is 1.74. The van der Waals surface area contributed by atoms with E-state index in [0.717, 1.165) is 16.8 Å². The van der Waals surface area contributed by atoms with Gasteiger partial charge in [-0.2, -0.15) is 0 Å². The number of aromatic nitrogens is 3. The van der Waals surface area contributed by atoms with Crippen LogP contribution in [0.2, 0.25) is 5.15 Å². The molecule has 2 aromatic heterocycles. The third-order valence-electron chi connectivity index (χ3n) is 2.59. The van der Waals surface area contributed by atoms with Gasteiger partial charge in [0.15, 0.2) is 5.82 Å². The number of pyridine rings is 1. The van der Waals surface area contributed by atoms with Crippen molar-refractivity contribution >= 4 is 11.6 Å². The lowest BCUT2D eigenvalue weighted by atomic mass is 10.1. The number of hydrogen-bond donors (Lipinski definition) is 0. The first-order valence-electron chi connectivity index (χ1n) is 5.53. The summed E-state index contributed by atoms with van der Waals surface area (Å²) in [4.78, 5) is 12.9. The van der Waals surface area contributed by atoms with Gasteiger partial charge in [0.25, 0.3) is 0 Å². The van der Waals surface area contributed by atoms with E-state index in [1.807, 2.05) is 13.0 Å². The van der Waals surface area contributed by atoms with Crippen molar-refractivity contribution in [1.82, 2.24) is 15.0 Å². The van der Waals surface area contributed by atoms with Gasteiger partial charge in [0, 0.05) is 23.7 Å². The predicted octanol–water partition coefficient (Wildman–Crippen LogP) is 3.62. The van der Waals surface area contributed by atoms with Gasteiger partial charge in [-0.3, -0.25) is 4.98 Å². The van der Waals surface area contributed by atoms with Crippen LogP contribution in [-0.4, -0.2) is 15.0 Å². The van der Waals surface area contributed by atoms with Gasteiger partial charge in [0.1, 0.15) is 5.15 Å². The van der Waals surface area contributed by atoms with Crippen LogP contribution in [0.4, 0.5) is 0 Å². The molecule has 2 aromatic rings. The Morgan fingerprint density at radius 3 is 2.65 bits per heavy atom. The Bertz CT molecular complexity index is 538. The smallest absolute Gasteiger partial charge is 0.162 e. The summed E-state index contributed by atoms with van der Waals surface area (Å²) in [5, 5.41) is 0.474. The third-order valence-corrected chi connectivity index (χ3v) is 2.78. The Morgan fingerprint density at radius 2 is 2.00 bits per heavy atom. The zero-order chi connectivity index (χ0) is 12.4. The molecule has 0 amide bonds. The second-order valence-corrected chi connectivity index (χ2v) is 4.67. The van der Waals surface area contributed by atoms with Crippen LogP contribution in [0.5, 0.6) is 0 Å². The lowest BCUT2D eigenvalue weighted by Crippen LogP contribution is -1.99. The van der Waals surface area contributed by atoms with Crippen molar-refractivity contribution in [1.29, 1.82) is 0 Å². The molecule has 0 saturated carbocycles. The Kier molecular flexibility index (Phi) is 3.38. The first kappa shape index (κ1) is 12.0. The summed E-state index contributed by atoms with van der Waals surface area (Å²) >= 11 is 6.02. The lowest BCUT2D eigenvalue weighted by Gasteiger charge is -2.08. The van der Waals surface area contributed by atoms with Gasteiger partial charge in [-0.05, 0) is 30.5 Å². The summed E-state index contributed by atoms with van der Waals surface area (Å²) in [6.07, 6.45) is 3.53. The van der Waals surface area contributed by atoms with E-state index in [-0.39, 0.29) is 0 Å². The van der Waals surface area contributed by atoms with Crippen LogP contribution in [0.15, 0.2) is 24.5 Å². The van der Waals surface area contributed by atoms with Gasteiger partial charge >= 0.3 is 0 Å². The summed E-state index contributed by atoms with van der Waals surface area (Å²) in [6.45, 7) is 6.17. The highest BCUT2D eigenvalue weighted by Crippen LogP contribution is 2.23. The Labute approximate surface area is 106 Å². The van der Waals surface area contributed by atoms with Gasteiger partial charge in [-0.1, -0.05) is 25.4 Å². The Morgan fingerprint density at radius 1 is 1.24 bits per heavy atom. The van der Waals surface area contributed by atoms with Crippen LogP contribution in [0.25, 0.3) is 11.4 Å². The van der Waals surface area contributed by atoms with E-state index in [4.69, 9.17) is 11.6 Å². The van der Waals surface area contributed by atoms with E-state index in [1.54, 1.807) is 18.5 Å². The summed E-state index contributed by atoms with van der Waals surface area (Å²) in [5.74, 6) is 0.970. The Balaban J connectivity index is 2.56. The quantitative estimate of drug-likeness (QED) is 0.761. The number of nitrogens with zero attached hydrogens (tertiary/aromatic N) is 3. The molecule has 2 heterocycles. The molecule has 0 N–H and O–H groups in total. The predicted molar refractivity (Wildman–Crippen MR) is 69.1 cm³/mol. The molecule has 0 atom stereocenters. The molecule has 0 aliphatic rings. The minimum absolute atomic E-state index is 0.325. The average molecular weight is 248 g/mol. The number of aryl methyl sites for hydroxylation is 1. The fourth-order valence-electron chi connectivity index (χ4n) is 1.55. The number of hydrogen-bond acceptors (Lipinski definition) is 3. The first-order chi connectivity index (χ1) is 8.08. The molecule has 0 unspecified atom stereocenters. The van der Waals surface area contributed by atoms with Crippen molar-refractivity contribution in [2.24, 2.45) is 0 Å². The van der Waals surface area contributed by atoms with Crippen molar-refractivity contribution in [3.8, 4) is 11.4 Å². The van der Waals surface area contributed by atoms with Crippen molar-refractivity contribution in [3.05, 3.63) is 40.9 Å². The molecule has 0 radical (unpaired) electrons.